The first kappa shape index (κ1) is 20.2. The Balaban J connectivity index is 1.55. The second-order valence-corrected chi connectivity index (χ2v) is 8.13. The molecule has 3 rings (SSSR count). The molecule has 0 bridgehead atoms. The van der Waals surface area contributed by atoms with E-state index in [0.29, 0.717) is 15.0 Å². The van der Waals surface area contributed by atoms with E-state index in [1.54, 1.807) is 0 Å². The monoisotopic (exact) mass is 421 g/mol. The normalized spacial score (nSPS) is 10.9. The summed E-state index contributed by atoms with van der Waals surface area (Å²) in [7, 11) is 0. The van der Waals surface area contributed by atoms with E-state index in [4.69, 9.17) is 0 Å². The van der Waals surface area contributed by atoms with Crippen molar-refractivity contribution in [2.45, 2.75) is 24.8 Å². The average molecular weight is 421 g/mol. The molecule has 1 heterocycles. The highest BCUT2D eigenvalue weighted by Gasteiger charge is 2.12. The van der Waals surface area contributed by atoms with E-state index in [1.165, 1.54) is 52.9 Å². The van der Waals surface area contributed by atoms with E-state index in [-0.39, 0.29) is 17.3 Å². The molecule has 0 fully saturated rings. The number of nitrogens with zero attached hydrogens (tertiary/aromatic N) is 2. The van der Waals surface area contributed by atoms with E-state index in [2.05, 4.69) is 26.3 Å². The van der Waals surface area contributed by atoms with Crippen LogP contribution in [0.1, 0.15) is 21.5 Å². The van der Waals surface area contributed by atoms with Gasteiger partial charge < -0.3 is 10.1 Å². The highest BCUT2D eigenvalue weighted by Crippen LogP contribution is 2.29. The van der Waals surface area contributed by atoms with Gasteiger partial charge in [-0.05, 0) is 49.7 Å². The maximum Gasteiger partial charge on any atom is 0.387 e. The number of hydrogen-bond acceptors (Lipinski definition) is 7. The largest absolute Gasteiger partial charge is 0.435 e. The van der Waals surface area contributed by atoms with E-state index in [0.717, 1.165) is 11.3 Å². The molecule has 28 heavy (non-hydrogen) atoms. The minimum absolute atomic E-state index is 0.0189. The van der Waals surface area contributed by atoms with E-state index in [9.17, 15) is 13.6 Å². The molecule has 1 N–H and O–H groups in total. The minimum Gasteiger partial charge on any atom is -0.435 e. The number of alkyl halides is 2. The van der Waals surface area contributed by atoms with Gasteiger partial charge in [0, 0.05) is 11.3 Å². The Kier molecular flexibility index (Phi) is 6.58. The van der Waals surface area contributed by atoms with E-state index in [1.807, 2.05) is 26.0 Å². The lowest BCUT2D eigenvalue weighted by Crippen LogP contribution is -2.04. The predicted molar refractivity (Wildman–Crippen MR) is 107 cm³/mol. The fraction of sp³-hybridized carbons (Fsp3) is 0.211. The molecule has 1 aromatic heterocycles. The summed E-state index contributed by atoms with van der Waals surface area (Å²) >= 11 is 2.64. The van der Waals surface area contributed by atoms with Crippen molar-refractivity contribution >= 4 is 39.7 Å². The predicted octanol–water partition coefficient (Wildman–Crippen LogP) is 5.47. The van der Waals surface area contributed by atoms with Crippen LogP contribution in [0.4, 0.5) is 19.6 Å². The zero-order chi connectivity index (χ0) is 20.1. The molecule has 0 aliphatic heterocycles. The van der Waals surface area contributed by atoms with Gasteiger partial charge in [0.05, 0.1) is 5.75 Å². The van der Waals surface area contributed by atoms with E-state index < -0.39 is 6.61 Å². The Bertz CT molecular complexity index is 962. The SMILES string of the molecule is Cc1ccc(Nc2nnc(SCC(=O)c3ccc(OC(F)F)cc3)s2)c(C)c1. The summed E-state index contributed by atoms with van der Waals surface area (Å²) in [5.41, 5.74) is 3.68. The average Bonchev–Trinajstić information content (AvgIpc) is 3.10. The van der Waals surface area contributed by atoms with Gasteiger partial charge in [0.1, 0.15) is 5.75 Å². The van der Waals surface area contributed by atoms with Crippen LogP contribution in [0, 0.1) is 13.8 Å². The summed E-state index contributed by atoms with van der Waals surface area (Å²) in [6, 6.07) is 11.7. The smallest absolute Gasteiger partial charge is 0.387 e. The van der Waals surface area contributed by atoms with Gasteiger partial charge >= 0.3 is 6.61 Å². The number of rotatable bonds is 8. The Labute approximate surface area is 169 Å². The van der Waals surface area contributed by atoms with Crippen molar-refractivity contribution in [3.05, 3.63) is 59.2 Å². The quantitative estimate of drug-likeness (QED) is 0.384. The molecular formula is C19H17F2N3O2S2. The van der Waals surface area contributed by atoms with Gasteiger partial charge in [-0.15, -0.1) is 10.2 Å². The van der Waals surface area contributed by atoms with Gasteiger partial charge in [0.15, 0.2) is 10.1 Å². The van der Waals surface area contributed by atoms with Crippen molar-refractivity contribution in [2.75, 3.05) is 11.1 Å². The molecule has 0 saturated heterocycles. The lowest BCUT2D eigenvalue weighted by Gasteiger charge is -2.06. The van der Waals surface area contributed by atoms with Gasteiger partial charge in [-0.3, -0.25) is 4.79 Å². The Morgan fingerprint density at radius 2 is 1.93 bits per heavy atom. The van der Waals surface area contributed by atoms with Crippen molar-refractivity contribution in [3.63, 3.8) is 0 Å². The number of ether oxygens (including phenoxy) is 1. The number of nitrogens with one attached hydrogen (secondary N) is 1. The molecule has 0 amide bonds. The van der Waals surface area contributed by atoms with Crippen LogP contribution in [0.3, 0.4) is 0 Å². The van der Waals surface area contributed by atoms with Crippen LogP contribution < -0.4 is 10.1 Å². The summed E-state index contributed by atoms with van der Waals surface area (Å²) in [5, 5.41) is 12.1. The number of ketones is 1. The third kappa shape index (κ3) is 5.49. The van der Waals surface area contributed by atoms with Gasteiger partial charge in [0.25, 0.3) is 0 Å². The van der Waals surface area contributed by atoms with Crippen molar-refractivity contribution in [1.82, 2.24) is 10.2 Å². The molecule has 0 aliphatic carbocycles. The van der Waals surface area contributed by atoms with Crippen LogP contribution in [0.15, 0.2) is 46.8 Å². The highest BCUT2D eigenvalue weighted by atomic mass is 32.2. The first-order valence-electron chi connectivity index (χ1n) is 8.29. The van der Waals surface area contributed by atoms with Gasteiger partial charge in [0.2, 0.25) is 5.13 Å². The number of benzene rings is 2. The molecule has 3 aromatic rings. The first-order valence-corrected chi connectivity index (χ1v) is 10.1. The molecule has 0 saturated carbocycles. The van der Waals surface area contributed by atoms with E-state index >= 15 is 0 Å². The summed E-state index contributed by atoms with van der Waals surface area (Å²) in [6.45, 7) is 1.16. The van der Waals surface area contributed by atoms with Crippen molar-refractivity contribution < 1.29 is 18.3 Å². The van der Waals surface area contributed by atoms with Gasteiger partial charge in [-0.2, -0.15) is 8.78 Å². The first-order chi connectivity index (χ1) is 13.4. The molecule has 0 unspecified atom stereocenters. The summed E-state index contributed by atoms with van der Waals surface area (Å²) in [6.07, 6.45) is 0. The molecule has 2 aromatic carbocycles. The molecular weight excluding hydrogens is 404 g/mol. The number of halogens is 2. The molecule has 0 radical (unpaired) electrons. The standard InChI is InChI=1S/C19H17F2N3O2S2/c1-11-3-8-15(12(2)9-11)22-18-23-24-19(28-18)27-10-16(25)13-4-6-14(7-5-13)26-17(20)21/h3-9,17H,10H2,1-2H3,(H,22,23). The number of Topliss-reactive ketones (excluding diaryl/α,β-unsaturated/α-hetero) is 1. The molecule has 146 valence electrons. The molecule has 0 aliphatic rings. The van der Waals surface area contributed by atoms with Crippen LogP contribution in [0.25, 0.3) is 0 Å². The zero-order valence-electron chi connectivity index (χ0n) is 15.1. The second-order valence-electron chi connectivity index (χ2n) is 5.93. The number of thioether (sulfide) groups is 1. The number of aromatic nitrogens is 2. The topological polar surface area (TPSA) is 64.1 Å². The van der Waals surface area contributed by atoms with Crippen LogP contribution in [0.2, 0.25) is 0 Å². The minimum atomic E-state index is -2.89. The zero-order valence-corrected chi connectivity index (χ0v) is 16.7. The molecule has 0 spiro atoms. The Hall–Kier alpha value is -2.52. The number of hydrogen-bond donors (Lipinski definition) is 1. The summed E-state index contributed by atoms with van der Waals surface area (Å²) in [5.74, 6) is 0.0610. The number of aryl methyl sites for hydroxylation is 2. The third-order valence-electron chi connectivity index (χ3n) is 3.76. The number of anilines is 2. The fourth-order valence-corrected chi connectivity index (χ4v) is 4.08. The van der Waals surface area contributed by atoms with Crippen LogP contribution in [0.5, 0.6) is 5.75 Å². The van der Waals surface area contributed by atoms with Gasteiger partial charge in [-0.1, -0.05) is 40.8 Å². The van der Waals surface area contributed by atoms with Crippen LogP contribution >= 0.6 is 23.1 Å². The van der Waals surface area contributed by atoms with Crippen molar-refractivity contribution in [1.29, 1.82) is 0 Å². The number of carbonyl (C=O) groups is 1. The third-order valence-corrected chi connectivity index (χ3v) is 5.73. The van der Waals surface area contributed by atoms with Gasteiger partial charge in [-0.25, -0.2) is 0 Å². The summed E-state index contributed by atoms with van der Waals surface area (Å²) < 4.78 is 29.3. The molecule has 5 nitrogen and oxygen atoms in total. The lowest BCUT2D eigenvalue weighted by molar-refractivity contribution is -0.0498. The maximum absolute atomic E-state index is 12.3. The lowest BCUT2D eigenvalue weighted by atomic mass is 10.1. The van der Waals surface area contributed by atoms with Crippen molar-refractivity contribution in [2.24, 2.45) is 0 Å². The maximum atomic E-state index is 12.3. The summed E-state index contributed by atoms with van der Waals surface area (Å²) in [4.78, 5) is 12.3. The second kappa shape index (κ2) is 9.11. The Morgan fingerprint density at radius 3 is 2.61 bits per heavy atom. The van der Waals surface area contributed by atoms with Crippen LogP contribution in [-0.2, 0) is 0 Å². The molecule has 9 heteroatoms. The highest BCUT2D eigenvalue weighted by molar-refractivity contribution is 8.01. The van der Waals surface area contributed by atoms with Crippen LogP contribution in [-0.4, -0.2) is 28.3 Å². The fourth-order valence-electron chi connectivity index (χ4n) is 2.42. The van der Waals surface area contributed by atoms with Crippen molar-refractivity contribution in [3.8, 4) is 5.75 Å². The number of carbonyl (C=O) groups excluding carboxylic acids is 1. The Morgan fingerprint density at radius 1 is 1.18 bits per heavy atom. The molecule has 0 atom stereocenters.